The summed E-state index contributed by atoms with van der Waals surface area (Å²) in [6.45, 7) is 8.11. The third-order valence-electron chi connectivity index (χ3n) is 6.63. The monoisotopic (exact) mass is 406 g/mol. The van der Waals surface area contributed by atoms with Crippen molar-refractivity contribution in [1.82, 2.24) is 10.2 Å². The lowest BCUT2D eigenvalue weighted by Gasteiger charge is -2.39. The van der Waals surface area contributed by atoms with Gasteiger partial charge in [0, 0.05) is 37.8 Å². The number of hydrogen-bond donors (Lipinski definition) is 2. The number of hydrogen-bond acceptors (Lipinski definition) is 4. The molecule has 2 unspecified atom stereocenters. The number of carbonyl (C=O) groups excluding carboxylic acids is 1. The van der Waals surface area contributed by atoms with Gasteiger partial charge in [-0.2, -0.15) is 0 Å². The first-order valence-electron chi connectivity index (χ1n) is 11.4. The molecule has 2 aliphatic heterocycles. The minimum atomic E-state index is 0.232. The van der Waals surface area contributed by atoms with E-state index in [-0.39, 0.29) is 5.91 Å². The van der Waals surface area contributed by atoms with Crippen molar-refractivity contribution in [2.45, 2.75) is 46.0 Å². The molecule has 4 rings (SSSR count). The lowest BCUT2D eigenvalue weighted by Crippen LogP contribution is -2.44. The van der Waals surface area contributed by atoms with Gasteiger partial charge in [0.15, 0.2) is 5.96 Å². The first-order chi connectivity index (χ1) is 14.6. The van der Waals surface area contributed by atoms with Crippen molar-refractivity contribution in [2.75, 3.05) is 31.5 Å². The van der Waals surface area contributed by atoms with Crippen LogP contribution >= 0.6 is 0 Å². The smallest absolute Gasteiger partial charge is 0.227 e. The second-order valence-electron chi connectivity index (χ2n) is 8.90. The molecule has 3 aliphatic rings. The highest BCUT2D eigenvalue weighted by atomic mass is 16.2. The van der Waals surface area contributed by atoms with Crippen LogP contribution < -0.4 is 10.6 Å². The van der Waals surface area contributed by atoms with Crippen LogP contribution in [0.3, 0.4) is 0 Å². The molecule has 1 aromatic carbocycles. The summed E-state index contributed by atoms with van der Waals surface area (Å²) >= 11 is 0. The number of guanidine groups is 1. The summed E-state index contributed by atoms with van der Waals surface area (Å²) in [6, 6.07) is 8.14. The molecule has 5 nitrogen and oxygen atoms in total. The average molecular weight is 407 g/mol. The number of nitrogens with zero attached hydrogens (tertiary/aromatic N) is 2. The highest BCUT2D eigenvalue weighted by Gasteiger charge is 2.31. The van der Waals surface area contributed by atoms with Gasteiger partial charge in [-0.1, -0.05) is 36.8 Å². The lowest BCUT2D eigenvalue weighted by atomic mass is 9.78. The van der Waals surface area contributed by atoms with E-state index >= 15 is 0 Å². The van der Waals surface area contributed by atoms with Crippen LogP contribution in [0, 0.1) is 11.8 Å². The SMILES string of the molecule is CC1=C(C2CN(C(=O)Cc3cccc(NC4=NCCCN4)c3)CCC2C)C=CCC1. The Hall–Kier alpha value is -2.56. The molecule has 0 spiro atoms. The maximum atomic E-state index is 13.1. The number of amides is 1. The molecular formula is C25H34N4O. The van der Waals surface area contributed by atoms with Crippen molar-refractivity contribution < 1.29 is 4.79 Å². The van der Waals surface area contributed by atoms with Crippen LogP contribution in [0.25, 0.3) is 0 Å². The summed E-state index contributed by atoms with van der Waals surface area (Å²) in [5.74, 6) is 2.14. The van der Waals surface area contributed by atoms with E-state index in [4.69, 9.17) is 0 Å². The molecule has 1 fully saturated rings. The molecule has 5 heteroatoms. The molecule has 1 aromatic rings. The minimum absolute atomic E-state index is 0.232. The molecule has 0 bridgehead atoms. The van der Waals surface area contributed by atoms with Crippen LogP contribution in [0.1, 0.15) is 45.1 Å². The molecule has 0 saturated carbocycles. The van der Waals surface area contributed by atoms with Gasteiger partial charge in [0.05, 0.1) is 6.42 Å². The predicted molar refractivity (Wildman–Crippen MR) is 124 cm³/mol. The topological polar surface area (TPSA) is 56.7 Å². The molecule has 160 valence electrons. The summed E-state index contributed by atoms with van der Waals surface area (Å²) in [7, 11) is 0. The average Bonchev–Trinajstić information content (AvgIpc) is 2.75. The van der Waals surface area contributed by atoms with E-state index in [0.717, 1.165) is 69.1 Å². The Morgan fingerprint density at radius 1 is 1.37 bits per heavy atom. The number of anilines is 1. The van der Waals surface area contributed by atoms with E-state index in [0.29, 0.717) is 18.3 Å². The number of benzene rings is 1. The Morgan fingerprint density at radius 2 is 2.27 bits per heavy atom. The van der Waals surface area contributed by atoms with Gasteiger partial charge in [0.2, 0.25) is 5.91 Å². The van der Waals surface area contributed by atoms with Gasteiger partial charge in [-0.05, 0) is 61.8 Å². The Labute approximate surface area is 180 Å². The highest BCUT2D eigenvalue weighted by Crippen LogP contribution is 2.34. The molecule has 2 atom stereocenters. The van der Waals surface area contributed by atoms with E-state index in [9.17, 15) is 4.79 Å². The van der Waals surface area contributed by atoms with E-state index in [1.165, 1.54) is 11.1 Å². The summed E-state index contributed by atoms with van der Waals surface area (Å²) in [5.41, 5.74) is 5.00. The number of piperidine rings is 1. The predicted octanol–water partition coefficient (Wildman–Crippen LogP) is 4.14. The molecule has 1 aliphatic carbocycles. The molecule has 1 saturated heterocycles. The van der Waals surface area contributed by atoms with Gasteiger partial charge in [-0.3, -0.25) is 9.79 Å². The maximum Gasteiger partial charge on any atom is 0.227 e. The number of carbonyl (C=O) groups is 1. The van der Waals surface area contributed by atoms with Crippen molar-refractivity contribution in [2.24, 2.45) is 16.8 Å². The first-order valence-corrected chi connectivity index (χ1v) is 11.4. The van der Waals surface area contributed by atoms with Gasteiger partial charge in [-0.25, -0.2) is 0 Å². The zero-order chi connectivity index (χ0) is 20.9. The van der Waals surface area contributed by atoms with Crippen molar-refractivity contribution in [1.29, 1.82) is 0 Å². The van der Waals surface area contributed by atoms with E-state index < -0.39 is 0 Å². The number of aliphatic imine (C=N–C) groups is 1. The normalized spacial score (nSPS) is 24.3. The third kappa shape index (κ3) is 4.94. The van der Waals surface area contributed by atoms with Crippen LogP contribution in [-0.2, 0) is 11.2 Å². The molecule has 0 aromatic heterocycles. The van der Waals surface area contributed by atoms with Crippen molar-refractivity contribution >= 4 is 17.6 Å². The highest BCUT2D eigenvalue weighted by molar-refractivity contribution is 5.94. The summed E-state index contributed by atoms with van der Waals surface area (Å²) < 4.78 is 0. The van der Waals surface area contributed by atoms with Crippen LogP contribution in [0.5, 0.6) is 0 Å². The van der Waals surface area contributed by atoms with Crippen LogP contribution in [0.4, 0.5) is 5.69 Å². The van der Waals surface area contributed by atoms with Gasteiger partial charge < -0.3 is 15.5 Å². The quantitative estimate of drug-likeness (QED) is 0.790. The number of rotatable bonds is 4. The Morgan fingerprint density at radius 3 is 3.07 bits per heavy atom. The number of likely N-dealkylation sites (tertiary alicyclic amines) is 1. The Bertz CT molecular complexity index is 870. The largest absolute Gasteiger partial charge is 0.356 e. The van der Waals surface area contributed by atoms with Crippen LogP contribution in [-0.4, -0.2) is 42.9 Å². The summed E-state index contributed by atoms with van der Waals surface area (Å²) in [5, 5.41) is 6.61. The second-order valence-corrected chi connectivity index (χ2v) is 8.90. The molecule has 2 N–H and O–H groups in total. The number of nitrogens with one attached hydrogen (secondary N) is 2. The van der Waals surface area contributed by atoms with Crippen molar-refractivity contribution in [3.63, 3.8) is 0 Å². The zero-order valence-electron chi connectivity index (χ0n) is 18.3. The minimum Gasteiger partial charge on any atom is -0.356 e. The fourth-order valence-electron chi connectivity index (χ4n) is 4.74. The maximum absolute atomic E-state index is 13.1. The van der Waals surface area contributed by atoms with Gasteiger partial charge >= 0.3 is 0 Å². The third-order valence-corrected chi connectivity index (χ3v) is 6.63. The van der Waals surface area contributed by atoms with Gasteiger partial charge in [-0.15, -0.1) is 0 Å². The van der Waals surface area contributed by atoms with Crippen molar-refractivity contribution in [3.05, 3.63) is 53.1 Å². The van der Waals surface area contributed by atoms with Gasteiger partial charge in [0.1, 0.15) is 0 Å². The van der Waals surface area contributed by atoms with Gasteiger partial charge in [0.25, 0.3) is 0 Å². The zero-order valence-corrected chi connectivity index (χ0v) is 18.3. The lowest BCUT2D eigenvalue weighted by molar-refractivity contribution is -0.132. The fourth-order valence-corrected chi connectivity index (χ4v) is 4.74. The summed E-state index contributed by atoms with van der Waals surface area (Å²) in [6.07, 6.45) is 9.50. The van der Waals surface area contributed by atoms with Crippen LogP contribution in [0.15, 0.2) is 52.6 Å². The summed E-state index contributed by atoms with van der Waals surface area (Å²) in [4.78, 5) is 19.7. The first kappa shape index (κ1) is 20.7. The second kappa shape index (κ2) is 9.50. The number of allylic oxidation sites excluding steroid dienone is 3. The molecule has 1 amide bonds. The van der Waals surface area contributed by atoms with E-state index in [2.05, 4.69) is 52.6 Å². The standard InChI is InChI=1S/C25H34N4O/c1-18-7-3-4-10-22(18)23-17-29(14-11-19(23)2)24(30)16-20-8-5-9-21(15-20)28-25-26-12-6-13-27-25/h4-5,8-10,15,19,23H,3,6-7,11-14,16-17H2,1-2H3,(H2,26,27,28). The molecule has 2 heterocycles. The molecule has 30 heavy (non-hydrogen) atoms. The Balaban J connectivity index is 1.40. The van der Waals surface area contributed by atoms with E-state index in [1.807, 2.05) is 18.2 Å². The van der Waals surface area contributed by atoms with E-state index in [1.54, 1.807) is 0 Å². The fraction of sp³-hybridized carbons (Fsp3) is 0.520. The molecular weight excluding hydrogens is 372 g/mol. The Kier molecular flexibility index (Phi) is 6.56. The van der Waals surface area contributed by atoms with Crippen LogP contribution in [0.2, 0.25) is 0 Å². The molecule has 0 radical (unpaired) electrons. The van der Waals surface area contributed by atoms with Crippen molar-refractivity contribution in [3.8, 4) is 0 Å².